The molecule has 0 aliphatic carbocycles. The minimum absolute atomic E-state index is 0.103. The van der Waals surface area contributed by atoms with Crippen molar-refractivity contribution >= 4 is 15.8 Å². The van der Waals surface area contributed by atoms with Crippen molar-refractivity contribution in [1.29, 1.82) is 0 Å². The van der Waals surface area contributed by atoms with Gasteiger partial charge in [0.25, 0.3) is 0 Å². The Morgan fingerprint density at radius 1 is 1.24 bits per heavy atom. The summed E-state index contributed by atoms with van der Waals surface area (Å²) in [6, 6.07) is 7.81. The van der Waals surface area contributed by atoms with Crippen LogP contribution in [0.4, 0.5) is 0 Å². The Hall–Kier alpha value is -1.66. The summed E-state index contributed by atoms with van der Waals surface area (Å²) >= 11 is 0. The van der Waals surface area contributed by atoms with Crippen molar-refractivity contribution < 1.29 is 22.7 Å². The Morgan fingerprint density at radius 2 is 1.88 bits per heavy atom. The van der Waals surface area contributed by atoms with Crippen LogP contribution < -0.4 is 0 Å². The molecule has 0 saturated carbocycles. The second-order valence-corrected chi connectivity index (χ2v) is 5.32. The average Bonchev–Trinajstić information content (AvgIpc) is 2.72. The van der Waals surface area contributed by atoms with Gasteiger partial charge >= 0.3 is 5.97 Å². The van der Waals surface area contributed by atoms with Gasteiger partial charge in [-0.2, -0.15) is 0 Å². The smallest absolute Gasteiger partial charge is 0.334 e. The summed E-state index contributed by atoms with van der Waals surface area (Å²) in [7, 11) is -2.47. The van der Waals surface area contributed by atoms with Gasteiger partial charge < -0.3 is 9.47 Å². The first-order chi connectivity index (χ1) is 8.05. The Kier molecular flexibility index (Phi) is 2.99. The van der Waals surface area contributed by atoms with Crippen LogP contribution in [0.3, 0.4) is 0 Å². The second-order valence-electron chi connectivity index (χ2n) is 3.37. The van der Waals surface area contributed by atoms with Gasteiger partial charge in [0.05, 0.1) is 4.90 Å². The van der Waals surface area contributed by atoms with Crippen LogP contribution in [0.15, 0.2) is 46.2 Å². The maximum absolute atomic E-state index is 12.2. The number of carbonyl (C=O) groups is 1. The maximum atomic E-state index is 12.2. The highest BCUT2D eigenvalue weighted by molar-refractivity contribution is 7.95. The molecule has 0 saturated heterocycles. The van der Waals surface area contributed by atoms with Crippen molar-refractivity contribution in [3.8, 4) is 0 Å². The van der Waals surface area contributed by atoms with E-state index in [9.17, 15) is 13.2 Å². The molecule has 1 aromatic carbocycles. The fourth-order valence-corrected chi connectivity index (χ4v) is 2.92. The van der Waals surface area contributed by atoms with Gasteiger partial charge in [-0.25, -0.2) is 13.2 Å². The zero-order chi connectivity index (χ0) is 12.5. The molecule has 0 aromatic heterocycles. The Balaban J connectivity index is 2.47. The summed E-state index contributed by atoms with van der Waals surface area (Å²) in [6.45, 7) is 0. The molecule has 1 aliphatic heterocycles. The third-order valence-corrected chi connectivity index (χ3v) is 4.12. The van der Waals surface area contributed by atoms with Gasteiger partial charge in [-0.1, -0.05) is 18.2 Å². The van der Waals surface area contributed by atoms with E-state index in [1.54, 1.807) is 18.2 Å². The first-order valence-electron chi connectivity index (χ1n) is 4.81. The van der Waals surface area contributed by atoms with Crippen LogP contribution in [0.25, 0.3) is 0 Å². The highest BCUT2D eigenvalue weighted by Crippen LogP contribution is 2.27. The third-order valence-electron chi connectivity index (χ3n) is 2.29. The van der Waals surface area contributed by atoms with Gasteiger partial charge in [-0.3, -0.25) is 0 Å². The maximum Gasteiger partial charge on any atom is 0.334 e. The second kappa shape index (κ2) is 4.31. The molecule has 1 aromatic rings. The lowest BCUT2D eigenvalue weighted by Crippen LogP contribution is -2.19. The van der Waals surface area contributed by atoms with E-state index >= 15 is 0 Å². The monoisotopic (exact) mass is 254 g/mol. The topological polar surface area (TPSA) is 69.7 Å². The molecule has 6 heteroatoms. The van der Waals surface area contributed by atoms with E-state index in [2.05, 4.69) is 0 Å². The van der Waals surface area contributed by atoms with Crippen molar-refractivity contribution in [1.82, 2.24) is 0 Å². The summed E-state index contributed by atoms with van der Waals surface area (Å²) < 4.78 is 33.8. The Morgan fingerprint density at radius 3 is 2.47 bits per heavy atom. The summed E-state index contributed by atoms with van der Waals surface area (Å²) in [4.78, 5) is 11.0. The molecule has 1 heterocycles. The predicted octanol–water partition coefficient (Wildman–Crippen LogP) is 0.874. The molecule has 0 N–H and O–H groups in total. The third kappa shape index (κ3) is 2.09. The van der Waals surface area contributed by atoms with Gasteiger partial charge in [-0.15, -0.1) is 0 Å². The zero-order valence-corrected chi connectivity index (χ0v) is 9.81. The number of esters is 1. The van der Waals surface area contributed by atoms with E-state index in [-0.39, 0.29) is 9.80 Å². The number of hydrogen-bond acceptors (Lipinski definition) is 5. The zero-order valence-electron chi connectivity index (χ0n) is 8.99. The number of ether oxygens (including phenoxy) is 2. The van der Waals surface area contributed by atoms with E-state index in [1.807, 2.05) is 0 Å². The van der Waals surface area contributed by atoms with Gasteiger partial charge in [0.15, 0.2) is 0 Å². The van der Waals surface area contributed by atoms with E-state index in [0.29, 0.717) is 0 Å². The molecule has 0 radical (unpaired) electrons. The minimum Gasteiger partial charge on any atom is -0.427 e. The fourth-order valence-electron chi connectivity index (χ4n) is 1.49. The minimum atomic E-state index is -3.74. The summed E-state index contributed by atoms with van der Waals surface area (Å²) in [5.74, 6) is -0.716. The first-order valence-corrected chi connectivity index (χ1v) is 6.29. The standard InChI is InChI=1S/C11H10O5S/c1-15-11-9(7-10(12)16-11)17(13,14)8-5-3-2-4-6-8/h2-7,11H,1H3/t11-/m1/s1. The summed E-state index contributed by atoms with van der Waals surface area (Å²) in [5, 5.41) is 0. The molecular formula is C11H10O5S. The van der Waals surface area contributed by atoms with E-state index in [4.69, 9.17) is 9.47 Å². The van der Waals surface area contributed by atoms with Gasteiger partial charge in [0, 0.05) is 13.2 Å². The molecule has 1 aliphatic rings. The van der Waals surface area contributed by atoms with E-state index in [0.717, 1.165) is 6.08 Å². The number of carbonyl (C=O) groups excluding carboxylic acids is 1. The van der Waals surface area contributed by atoms with Crippen molar-refractivity contribution in [2.24, 2.45) is 0 Å². The van der Waals surface area contributed by atoms with E-state index < -0.39 is 22.1 Å². The molecule has 90 valence electrons. The van der Waals surface area contributed by atoms with Gasteiger partial charge in [0.1, 0.15) is 4.91 Å². The van der Waals surface area contributed by atoms with Crippen LogP contribution in [-0.4, -0.2) is 27.8 Å². The molecule has 1 atom stereocenters. The molecule has 0 fully saturated rings. The summed E-state index contributed by atoms with van der Waals surface area (Å²) in [6.07, 6.45) is -0.219. The molecule has 17 heavy (non-hydrogen) atoms. The molecule has 0 spiro atoms. The highest BCUT2D eigenvalue weighted by atomic mass is 32.2. The highest BCUT2D eigenvalue weighted by Gasteiger charge is 2.36. The molecule has 2 rings (SSSR count). The normalized spacial score (nSPS) is 19.9. The number of sulfone groups is 1. The average molecular weight is 254 g/mol. The lowest BCUT2D eigenvalue weighted by atomic mass is 10.4. The SMILES string of the molecule is CO[C@@H]1OC(=O)C=C1S(=O)(=O)c1ccccc1. The number of rotatable bonds is 3. The van der Waals surface area contributed by atoms with Crippen LogP contribution in [0, 0.1) is 0 Å². The molecular weight excluding hydrogens is 244 g/mol. The number of methoxy groups -OCH3 is 1. The summed E-state index contributed by atoms with van der Waals surface area (Å²) in [5.41, 5.74) is 0. The number of hydrogen-bond donors (Lipinski definition) is 0. The lowest BCUT2D eigenvalue weighted by Gasteiger charge is -2.12. The van der Waals surface area contributed by atoms with Crippen LogP contribution in [-0.2, 0) is 24.1 Å². The van der Waals surface area contributed by atoms with Crippen LogP contribution in [0.2, 0.25) is 0 Å². The Labute approximate surface area is 98.6 Å². The van der Waals surface area contributed by atoms with Crippen LogP contribution in [0.5, 0.6) is 0 Å². The molecule has 5 nitrogen and oxygen atoms in total. The quantitative estimate of drug-likeness (QED) is 0.749. The molecule has 0 amide bonds. The lowest BCUT2D eigenvalue weighted by molar-refractivity contribution is -0.154. The van der Waals surface area contributed by atoms with Crippen molar-refractivity contribution in [3.05, 3.63) is 41.3 Å². The van der Waals surface area contributed by atoms with Crippen molar-refractivity contribution in [3.63, 3.8) is 0 Å². The van der Waals surface area contributed by atoms with Gasteiger partial charge in [0.2, 0.25) is 16.1 Å². The van der Waals surface area contributed by atoms with Gasteiger partial charge in [-0.05, 0) is 12.1 Å². The number of cyclic esters (lactones) is 1. The van der Waals surface area contributed by atoms with Crippen LogP contribution >= 0.6 is 0 Å². The predicted molar refractivity (Wildman–Crippen MR) is 58.6 cm³/mol. The van der Waals surface area contributed by atoms with Crippen molar-refractivity contribution in [2.45, 2.75) is 11.2 Å². The molecule has 0 bridgehead atoms. The van der Waals surface area contributed by atoms with E-state index in [1.165, 1.54) is 19.2 Å². The largest absolute Gasteiger partial charge is 0.427 e. The first kappa shape index (κ1) is 11.8. The Bertz CT molecular complexity index is 559. The van der Waals surface area contributed by atoms with Crippen LogP contribution in [0.1, 0.15) is 0 Å². The fraction of sp³-hybridized carbons (Fsp3) is 0.182. The van der Waals surface area contributed by atoms with Crippen molar-refractivity contribution in [2.75, 3.05) is 7.11 Å². The molecule has 0 unspecified atom stereocenters. The number of benzene rings is 1.